The summed E-state index contributed by atoms with van der Waals surface area (Å²) in [7, 11) is 0. The summed E-state index contributed by atoms with van der Waals surface area (Å²) in [5.74, 6) is 0.508. The van der Waals surface area contributed by atoms with Gasteiger partial charge in [-0.3, -0.25) is 9.59 Å². The zero-order valence-electron chi connectivity index (χ0n) is 15.5. The second kappa shape index (κ2) is 9.61. The highest BCUT2D eigenvalue weighted by Gasteiger charge is 2.21. The van der Waals surface area contributed by atoms with Crippen molar-refractivity contribution in [3.63, 3.8) is 0 Å². The zero-order valence-corrected chi connectivity index (χ0v) is 15.5. The highest BCUT2D eigenvalue weighted by molar-refractivity contribution is 6.04. The van der Waals surface area contributed by atoms with Gasteiger partial charge in [-0.05, 0) is 36.6 Å². The molecule has 0 aliphatic carbocycles. The van der Waals surface area contributed by atoms with E-state index in [1.807, 2.05) is 51.1 Å². The number of carbonyl (C=O) groups excluding carboxylic acids is 2. The van der Waals surface area contributed by atoms with Crippen LogP contribution in [0.1, 0.15) is 37.6 Å². The summed E-state index contributed by atoms with van der Waals surface area (Å²) in [5.41, 5.74) is 0.921. The Bertz CT molecular complexity index is 729. The number of rotatable bonds is 8. The Labute approximate surface area is 154 Å². The average Bonchev–Trinajstić information content (AvgIpc) is 2.65. The molecule has 0 bridgehead atoms. The second-order valence-electron chi connectivity index (χ2n) is 6.47. The molecule has 0 saturated carbocycles. The van der Waals surface area contributed by atoms with Crippen molar-refractivity contribution in [3.05, 3.63) is 60.2 Å². The largest absolute Gasteiger partial charge is 0.481 e. The fourth-order valence-corrected chi connectivity index (χ4v) is 2.38. The number of ether oxygens (including phenoxy) is 1. The maximum absolute atomic E-state index is 12.6. The summed E-state index contributed by atoms with van der Waals surface area (Å²) in [6.07, 6.45) is -0.119. The summed E-state index contributed by atoms with van der Waals surface area (Å²) in [6.45, 7) is 6.52. The molecule has 0 aliphatic rings. The van der Waals surface area contributed by atoms with E-state index in [0.29, 0.717) is 35.9 Å². The number of hydrogen-bond donors (Lipinski definition) is 2. The standard InChI is InChI=1S/C21H26N2O3/c1-4-19(26-16-10-6-5-7-11-16)21(25)23-18-13-9-8-12-17(18)20(24)22-14-15(2)3/h5-13,15,19H,4,14H2,1-3H3,(H,22,24)(H,23,25)/t19-/m0/s1. The topological polar surface area (TPSA) is 67.4 Å². The number of hydrogen-bond acceptors (Lipinski definition) is 3. The van der Waals surface area contributed by atoms with Gasteiger partial charge < -0.3 is 15.4 Å². The van der Waals surface area contributed by atoms with E-state index in [0.717, 1.165) is 0 Å². The van der Waals surface area contributed by atoms with Crippen LogP contribution in [0.5, 0.6) is 5.75 Å². The lowest BCUT2D eigenvalue weighted by Gasteiger charge is -2.18. The van der Waals surface area contributed by atoms with Gasteiger partial charge in [0.05, 0.1) is 11.3 Å². The predicted molar refractivity (Wildman–Crippen MR) is 103 cm³/mol. The minimum Gasteiger partial charge on any atom is -0.481 e. The molecule has 0 spiro atoms. The van der Waals surface area contributed by atoms with E-state index in [4.69, 9.17) is 4.74 Å². The Hall–Kier alpha value is -2.82. The van der Waals surface area contributed by atoms with E-state index < -0.39 is 6.10 Å². The van der Waals surface area contributed by atoms with Crippen LogP contribution in [-0.4, -0.2) is 24.5 Å². The van der Waals surface area contributed by atoms with Crippen LogP contribution >= 0.6 is 0 Å². The van der Waals surface area contributed by atoms with Gasteiger partial charge in [-0.25, -0.2) is 0 Å². The van der Waals surface area contributed by atoms with Gasteiger partial charge in [-0.2, -0.15) is 0 Å². The molecule has 138 valence electrons. The van der Waals surface area contributed by atoms with Crippen LogP contribution in [-0.2, 0) is 4.79 Å². The fraction of sp³-hybridized carbons (Fsp3) is 0.333. The lowest BCUT2D eigenvalue weighted by molar-refractivity contribution is -0.122. The molecule has 0 saturated heterocycles. The monoisotopic (exact) mass is 354 g/mol. The molecule has 0 unspecified atom stereocenters. The number of benzene rings is 2. The summed E-state index contributed by atoms with van der Waals surface area (Å²) in [5, 5.41) is 5.70. The smallest absolute Gasteiger partial charge is 0.265 e. The fourth-order valence-electron chi connectivity index (χ4n) is 2.38. The van der Waals surface area contributed by atoms with Crippen molar-refractivity contribution in [1.29, 1.82) is 0 Å². The van der Waals surface area contributed by atoms with Gasteiger partial charge in [-0.1, -0.05) is 51.1 Å². The van der Waals surface area contributed by atoms with Gasteiger partial charge in [-0.15, -0.1) is 0 Å². The van der Waals surface area contributed by atoms with Crippen LogP contribution in [0.25, 0.3) is 0 Å². The molecule has 0 heterocycles. The third kappa shape index (κ3) is 5.62. The van der Waals surface area contributed by atoms with Crippen molar-refractivity contribution in [2.45, 2.75) is 33.3 Å². The van der Waals surface area contributed by atoms with Crippen LogP contribution in [0.4, 0.5) is 5.69 Å². The number of para-hydroxylation sites is 2. The first-order valence-electron chi connectivity index (χ1n) is 8.91. The van der Waals surface area contributed by atoms with E-state index in [2.05, 4.69) is 10.6 Å². The molecule has 2 N–H and O–H groups in total. The first-order valence-corrected chi connectivity index (χ1v) is 8.91. The third-order valence-corrected chi connectivity index (χ3v) is 3.79. The lowest BCUT2D eigenvalue weighted by atomic mass is 10.1. The third-order valence-electron chi connectivity index (χ3n) is 3.79. The van der Waals surface area contributed by atoms with E-state index in [1.165, 1.54) is 0 Å². The molecule has 1 atom stereocenters. The molecule has 2 aromatic rings. The van der Waals surface area contributed by atoms with E-state index in [1.54, 1.807) is 24.3 Å². The lowest BCUT2D eigenvalue weighted by Crippen LogP contribution is -2.34. The van der Waals surface area contributed by atoms with E-state index in [9.17, 15) is 9.59 Å². The van der Waals surface area contributed by atoms with Crippen molar-refractivity contribution >= 4 is 17.5 Å². The van der Waals surface area contributed by atoms with Gasteiger partial charge in [0.25, 0.3) is 11.8 Å². The Kier molecular flexibility index (Phi) is 7.21. The minimum atomic E-state index is -0.635. The maximum Gasteiger partial charge on any atom is 0.265 e. The van der Waals surface area contributed by atoms with Gasteiger partial charge in [0.2, 0.25) is 0 Å². The molecule has 0 radical (unpaired) electrons. The molecular weight excluding hydrogens is 328 g/mol. The Morgan fingerprint density at radius 2 is 1.65 bits per heavy atom. The zero-order chi connectivity index (χ0) is 18.9. The van der Waals surface area contributed by atoms with Crippen LogP contribution < -0.4 is 15.4 Å². The van der Waals surface area contributed by atoms with Crippen molar-refractivity contribution in [2.24, 2.45) is 5.92 Å². The van der Waals surface area contributed by atoms with Gasteiger partial charge in [0.1, 0.15) is 5.75 Å². The van der Waals surface area contributed by atoms with E-state index in [-0.39, 0.29) is 11.8 Å². The molecule has 2 aromatic carbocycles. The van der Waals surface area contributed by atoms with Gasteiger partial charge in [0.15, 0.2) is 6.10 Å². The number of amides is 2. The highest BCUT2D eigenvalue weighted by Crippen LogP contribution is 2.18. The molecular formula is C21H26N2O3. The predicted octanol–water partition coefficient (Wildman–Crippen LogP) is 3.87. The summed E-state index contributed by atoms with van der Waals surface area (Å²) >= 11 is 0. The van der Waals surface area contributed by atoms with Crippen LogP contribution in [0.15, 0.2) is 54.6 Å². The van der Waals surface area contributed by atoms with Crippen molar-refractivity contribution < 1.29 is 14.3 Å². The van der Waals surface area contributed by atoms with E-state index >= 15 is 0 Å². The number of carbonyl (C=O) groups is 2. The minimum absolute atomic E-state index is 0.202. The van der Waals surface area contributed by atoms with Gasteiger partial charge >= 0.3 is 0 Å². The van der Waals surface area contributed by atoms with Crippen LogP contribution in [0, 0.1) is 5.92 Å². The highest BCUT2D eigenvalue weighted by atomic mass is 16.5. The Balaban J connectivity index is 2.09. The van der Waals surface area contributed by atoms with Crippen molar-refractivity contribution in [3.8, 4) is 5.75 Å². The SMILES string of the molecule is CC[C@H](Oc1ccccc1)C(=O)Nc1ccccc1C(=O)NCC(C)C. The summed E-state index contributed by atoms with van der Waals surface area (Å²) in [4.78, 5) is 25.0. The molecule has 0 aliphatic heterocycles. The molecule has 0 fully saturated rings. The van der Waals surface area contributed by atoms with Gasteiger partial charge in [0, 0.05) is 6.54 Å². The molecule has 2 rings (SSSR count). The second-order valence-corrected chi connectivity index (χ2v) is 6.47. The molecule has 5 nitrogen and oxygen atoms in total. The summed E-state index contributed by atoms with van der Waals surface area (Å²) < 4.78 is 5.76. The van der Waals surface area contributed by atoms with Crippen molar-refractivity contribution in [1.82, 2.24) is 5.32 Å². The first kappa shape index (κ1) is 19.5. The normalized spacial score (nSPS) is 11.7. The van der Waals surface area contributed by atoms with Crippen molar-refractivity contribution in [2.75, 3.05) is 11.9 Å². The Morgan fingerprint density at radius 3 is 2.31 bits per heavy atom. The van der Waals surface area contributed by atoms with Crippen LogP contribution in [0.3, 0.4) is 0 Å². The molecule has 2 amide bonds. The molecule has 5 heteroatoms. The number of nitrogens with one attached hydrogen (secondary N) is 2. The Morgan fingerprint density at radius 1 is 1.00 bits per heavy atom. The summed E-state index contributed by atoms with van der Waals surface area (Å²) in [6, 6.07) is 16.2. The average molecular weight is 354 g/mol. The maximum atomic E-state index is 12.6. The number of anilines is 1. The van der Waals surface area contributed by atoms with Crippen LogP contribution in [0.2, 0.25) is 0 Å². The first-order chi connectivity index (χ1) is 12.5. The molecule has 26 heavy (non-hydrogen) atoms. The quantitative estimate of drug-likeness (QED) is 0.756. The molecule has 0 aromatic heterocycles.